The fourth-order valence-corrected chi connectivity index (χ4v) is 3.23. The Kier molecular flexibility index (Phi) is 5.37. The Labute approximate surface area is 161 Å². The molecule has 0 heterocycles. The minimum Gasteiger partial charge on any atom is -0.508 e. The van der Waals surface area contributed by atoms with Gasteiger partial charge in [-0.05, 0) is 36.4 Å². The van der Waals surface area contributed by atoms with Crippen LogP contribution < -0.4 is 4.83 Å². The molecule has 0 aliphatic carbocycles. The summed E-state index contributed by atoms with van der Waals surface area (Å²) >= 11 is 0. The van der Waals surface area contributed by atoms with Gasteiger partial charge < -0.3 is 5.11 Å². The average molecular weight is 397 g/mol. The third-order valence-electron chi connectivity index (χ3n) is 3.82. The van der Waals surface area contributed by atoms with E-state index in [0.29, 0.717) is 16.8 Å². The SMILES string of the molecule is O=[N+]([O-])c1ccc(S(=O)(=O)N/N=C(\c2ccccc2)c2ccc(O)cc2)cc1. The first-order valence-electron chi connectivity index (χ1n) is 8.05. The van der Waals surface area contributed by atoms with Gasteiger partial charge in [0.05, 0.1) is 15.5 Å². The minimum atomic E-state index is -4.03. The van der Waals surface area contributed by atoms with E-state index >= 15 is 0 Å². The molecule has 0 unspecified atom stereocenters. The maximum absolute atomic E-state index is 12.5. The van der Waals surface area contributed by atoms with Gasteiger partial charge in [0.25, 0.3) is 15.7 Å². The molecule has 0 radical (unpaired) electrons. The number of hydrazone groups is 1. The van der Waals surface area contributed by atoms with Crippen molar-refractivity contribution in [1.82, 2.24) is 4.83 Å². The van der Waals surface area contributed by atoms with Crippen molar-refractivity contribution < 1.29 is 18.4 Å². The van der Waals surface area contributed by atoms with E-state index < -0.39 is 14.9 Å². The van der Waals surface area contributed by atoms with Crippen LogP contribution in [-0.4, -0.2) is 24.2 Å². The van der Waals surface area contributed by atoms with Crippen LogP contribution in [0.4, 0.5) is 5.69 Å². The highest BCUT2D eigenvalue weighted by atomic mass is 32.2. The molecule has 8 nitrogen and oxygen atoms in total. The third-order valence-corrected chi connectivity index (χ3v) is 5.05. The van der Waals surface area contributed by atoms with Gasteiger partial charge in [0.15, 0.2) is 0 Å². The first kappa shape index (κ1) is 19.1. The number of hydrogen-bond acceptors (Lipinski definition) is 6. The van der Waals surface area contributed by atoms with Crippen molar-refractivity contribution in [3.05, 3.63) is 100 Å². The van der Waals surface area contributed by atoms with Crippen LogP contribution in [0.15, 0.2) is 88.9 Å². The summed E-state index contributed by atoms with van der Waals surface area (Å²) in [4.78, 5) is 12.1. The second-order valence-electron chi connectivity index (χ2n) is 5.72. The Morgan fingerprint density at radius 2 is 1.46 bits per heavy atom. The molecule has 0 fully saturated rings. The third kappa shape index (κ3) is 4.33. The van der Waals surface area contributed by atoms with Gasteiger partial charge in [0.1, 0.15) is 5.75 Å². The summed E-state index contributed by atoms with van der Waals surface area (Å²) in [6.07, 6.45) is 0. The monoisotopic (exact) mass is 397 g/mol. The minimum absolute atomic E-state index is 0.0719. The number of nitro benzene ring substituents is 1. The van der Waals surface area contributed by atoms with Gasteiger partial charge in [-0.25, -0.2) is 0 Å². The second kappa shape index (κ2) is 7.89. The maximum Gasteiger partial charge on any atom is 0.276 e. The Bertz CT molecular complexity index is 1110. The molecule has 3 aromatic rings. The number of aromatic hydroxyl groups is 1. The molecular weight excluding hydrogens is 382 g/mol. The van der Waals surface area contributed by atoms with Crippen LogP contribution in [0, 0.1) is 10.1 Å². The summed E-state index contributed by atoms with van der Waals surface area (Å²) in [5, 5.41) is 24.3. The van der Waals surface area contributed by atoms with E-state index in [9.17, 15) is 23.6 Å². The van der Waals surface area contributed by atoms with Crippen molar-refractivity contribution in [3.63, 3.8) is 0 Å². The van der Waals surface area contributed by atoms with Crippen LogP contribution in [-0.2, 0) is 10.0 Å². The van der Waals surface area contributed by atoms with E-state index in [1.807, 2.05) is 6.07 Å². The van der Waals surface area contributed by atoms with Crippen LogP contribution in [0.3, 0.4) is 0 Å². The van der Waals surface area contributed by atoms with Crippen molar-refractivity contribution >= 4 is 21.4 Å². The predicted molar refractivity (Wildman–Crippen MR) is 104 cm³/mol. The molecule has 2 N–H and O–H groups in total. The zero-order valence-corrected chi connectivity index (χ0v) is 15.2. The lowest BCUT2D eigenvalue weighted by atomic mass is 10.0. The van der Waals surface area contributed by atoms with Gasteiger partial charge in [0.2, 0.25) is 0 Å². The lowest BCUT2D eigenvalue weighted by Gasteiger charge is -2.09. The zero-order chi connectivity index (χ0) is 20.1. The van der Waals surface area contributed by atoms with Crippen LogP contribution >= 0.6 is 0 Å². The molecule has 0 aromatic heterocycles. The number of benzene rings is 3. The van der Waals surface area contributed by atoms with Gasteiger partial charge in [-0.2, -0.15) is 18.4 Å². The Balaban J connectivity index is 1.96. The van der Waals surface area contributed by atoms with E-state index in [0.717, 1.165) is 24.3 Å². The van der Waals surface area contributed by atoms with Gasteiger partial charge >= 0.3 is 0 Å². The van der Waals surface area contributed by atoms with E-state index in [1.165, 1.54) is 12.1 Å². The number of rotatable bonds is 6. The van der Waals surface area contributed by atoms with Crippen LogP contribution in [0.2, 0.25) is 0 Å². The molecule has 3 rings (SSSR count). The highest BCUT2D eigenvalue weighted by molar-refractivity contribution is 7.89. The second-order valence-corrected chi connectivity index (χ2v) is 7.38. The number of nitro groups is 1. The largest absolute Gasteiger partial charge is 0.508 e. The number of hydrogen-bond donors (Lipinski definition) is 2. The fraction of sp³-hybridized carbons (Fsp3) is 0. The van der Waals surface area contributed by atoms with Crippen molar-refractivity contribution in [2.24, 2.45) is 5.10 Å². The Morgan fingerprint density at radius 1 is 0.893 bits per heavy atom. The fourth-order valence-electron chi connectivity index (χ4n) is 2.42. The summed E-state index contributed by atoms with van der Waals surface area (Å²) in [6.45, 7) is 0. The molecule has 0 amide bonds. The number of nitrogens with one attached hydrogen (secondary N) is 1. The van der Waals surface area contributed by atoms with Crippen LogP contribution in [0.25, 0.3) is 0 Å². The molecule has 0 aliphatic heterocycles. The lowest BCUT2D eigenvalue weighted by Crippen LogP contribution is -2.21. The summed E-state index contributed by atoms with van der Waals surface area (Å²) in [5.74, 6) is 0.0719. The normalized spacial score (nSPS) is 11.8. The quantitative estimate of drug-likeness (QED) is 0.376. The van der Waals surface area contributed by atoms with Gasteiger partial charge in [-0.3, -0.25) is 10.1 Å². The molecule has 3 aromatic carbocycles. The number of nitrogens with zero attached hydrogens (tertiary/aromatic N) is 2. The van der Waals surface area contributed by atoms with Gasteiger partial charge in [-0.15, -0.1) is 0 Å². The number of non-ortho nitro benzene ring substituents is 1. The summed E-state index contributed by atoms with van der Waals surface area (Å²) in [6, 6.07) is 19.6. The van der Waals surface area contributed by atoms with E-state index in [2.05, 4.69) is 9.93 Å². The molecule has 0 atom stereocenters. The predicted octanol–water partition coefficient (Wildman–Crippen LogP) is 3.03. The molecule has 0 aliphatic rings. The first-order valence-corrected chi connectivity index (χ1v) is 9.54. The maximum atomic E-state index is 12.5. The molecule has 142 valence electrons. The van der Waals surface area contributed by atoms with Gasteiger partial charge in [-0.1, -0.05) is 30.3 Å². The van der Waals surface area contributed by atoms with Crippen LogP contribution in [0.5, 0.6) is 5.75 Å². The molecule has 0 saturated carbocycles. The summed E-state index contributed by atoms with van der Waals surface area (Å²) in [5.41, 5.74) is 1.40. The molecular formula is C19H15N3O5S. The molecule has 9 heteroatoms. The number of sulfonamides is 1. The van der Waals surface area contributed by atoms with Crippen molar-refractivity contribution in [2.45, 2.75) is 4.90 Å². The average Bonchev–Trinajstić information content (AvgIpc) is 2.70. The Hall–Kier alpha value is -3.72. The van der Waals surface area contributed by atoms with E-state index in [-0.39, 0.29) is 16.3 Å². The zero-order valence-electron chi connectivity index (χ0n) is 14.4. The molecule has 0 bridgehead atoms. The molecule has 28 heavy (non-hydrogen) atoms. The first-order chi connectivity index (χ1) is 13.4. The van der Waals surface area contributed by atoms with Crippen molar-refractivity contribution in [1.29, 1.82) is 0 Å². The molecule has 0 spiro atoms. The number of phenols is 1. The molecule has 0 saturated heterocycles. The summed E-state index contributed by atoms with van der Waals surface area (Å²) < 4.78 is 25.0. The lowest BCUT2D eigenvalue weighted by molar-refractivity contribution is -0.384. The van der Waals surface area contributed by atoms with Crippen molar-refractivity contribution in [2.75, 3.05) is 0 Å². The summed E-state index contributed by atoms with van der Waals surface area (Å²) in [7, 11) is -4.03. The highest BCUT2D eigenvalue weighted by Gasteiger charge is 2.16. The van der Waals surface area contributed by atoms with Crippen molar-refractivity contribution in [3.8, 4) is 5.75 Å². The van der Waals surface area contributed by atoms with E-state index in [1.54, 1.807) is 36.4 Å². The topological polar surface area (TPSA) is 122 Å². The smallest absolute Gasteiger partial charge is 0.276 e. The van der Waals surface area contributed by atoms with E-state index in [4.69, 9.17) is 0 Å². The highest BCUT2D eigenvalue weighted by Crippen LogP contribution is 2.17. The standard InChI is InChI=1S/C19H15N3O5S/c23-17-10-6-15(7-11-17)19(14-4-2-1-3-5-14)20-21-28(26,27)18-12-8-16(9-13-18)22(24)25/h1-13,21,23H/b20-19+. The van der Waals surface area contributed by atoms with Crippen LogP contribution in [0.1, 0.15) is 11.1 Å². The Morgan fingerprint density at radius 3 is 2.04 bits per heavy atom. The number of phenolic OH excluding ortho intramolecular Hbond substituents is 1. The van der Waals surface area contributed by atoms with Gasteiger partial charge in [0, 0.05) is 23.3 Å².